The fourth-order valence-corrected chi connectivity index (χ4v) is 5.58. The molecular formula is C31H28N2. The first kappa shape index (κ1) is 20.4. The van der Waals surface area contributed by atoms with Gasteiger partial charge in [0.2, 0.25) is 0 Å². The molecule has 2 aromatic heterocycles. The molecule has 0 saturated heterocycles. The van der Waals surface area contributed by atoms with Crippen molar-refractivity contribution in [2.45, 2.75) is 44.9 Å². The average molecular weight is 429 g/mol. The normalized spacial score (nSPS) is 19.5. The van der Waals surface area contributed by atoms with E-state index < -0.39 is 0 Å². The minimum atomic E-state index is 0.460. The Hall–Kier alpha value is -3.26. The molecule has 162 valence electrons. The Morgan fingerprint density at radius 1 is 0.818 bits per heavy atom. The maximum Gasteiger partial charge on any atom is 0.0702 e. The van der Waals surface area contributed by atoms with E-state index in [2.05, 4.69) is 77.9 Å². The minimum absolute atomic E-state index is 0.460. The van der Waals surface area contributed by atoms with Crippen LogP contribution in [0, 0.1) is 19.3 Å². The van der Waals surface area contributed by atoms with Crippen LogP contribution in [0.1, 0.15) is 53.0 Å². The minimum Gasteiger partial charge on any atom is -0.264 e. The van der Waals surface area contributed by atoms with Crippen LogP contribution in [0.2, 0.25) is 0 Å². The second-order valence-electron chi connectivity index (χ2n) is 9.54. The van der Waals surface area contributed by atoms with Gasteiger partial charge in [-0.2, -0.15) is 0 Å². The first-order valence-corrected chi connectivity index (χ1v) is 12.1. The Labute approximate surface area is 196 Å². The van der Waals surface area contributed by atoms with Crippen LogP contribution in [0.5, 0.6) is 0 Å². The molecule has 2 radical (unpaired) electrons. The summed E-state index contributed by atoms with van der Waals surface area (Å²) in [6.45, 7) is 2.09. The Balaban J connectivity index is 1.31. The third-order valence-corrected chi connectivity index (χ3v) is 7.37. The van der Waals surface area contributed by atoms with E-state index in [1.165, 1.54) is 70.2 Å². The summed E-state index contributed by atoms with van der Waals surface area (Å²) >= 11 is 0. The third kappa shape index (κ3) is 3.99. The van der Waals surface area contributed by atoms with E-state index in [-0.39, 0.29) is 0 Å². The van der Waals surface area contributed by atoms with Crippen molar-refractivity contribution in [3.8, 4) is 22.4 Å². The highest BCUT2D eigenvalue weighted by Crippen LogP contribution is 2.44. The molecular weight excluding hydrogens is 400 g/mol. The molecule has 0 spiro atoms. The summed E-state index contributed by atoms with van der Waals surface area (Å²) in [5.41, 5.74) is 11.6. The van der Waals surface area contributed by atoms with Crippen LogP contribution in [0.15, 0.2) is 79.3 Å². The van der Waals surface area contributed by atoms with Crippen molar-refractivity contribution in [2.75, 3.05) is 0 Å². The number of aromatic nitrogens is 2. The lowest BCUT2D eigenvalue weighted by atomic mass is 9.69. The summed E-state index contributed by atoms with van der Waals surface area (Å²) in [5, 5.41) is 0. The van der Waals surface area contributed by atoms with E-state index in [0.29, 0.717) is 11.8 Å². The number of hydrogen-bond acceptors (Lipinski definition) is 2. The van der Waals surface area contributed by atoms with Crippen LogP contribution in [0.25, 0.3) is 22.4 Å². The summed E-state index contributed by atoms with van der Waals surface area (Å²) in [4.78, 5) is 8.98. The zero-order valence-electron chi connectivity index (χ0n) is 19.1. The fourth-order valence-electron chi connectivity index (χ4n) is 5.58. The summed E-state index contributed by atoms with van der Waals surface area (Å²) in [6.07, 6.45) is 15.7. The fraction of sp³-hybridized carbons (Fsp3) is 0.258. The Kier molecular flexibility index (Phi) is 5.30. The molecule has 33 heavy (non-hydrogen) atoms. The van der Waals surface area contributed by atoms with Crippen LogP contribution in [0.3, 0.4) is 0 Å². The second kappa shape index (κ2) is 8.59. The van der Waals surface area contributed by atoms with Gasteiger partial charge in [0, 0.05) is 30.6 Å². The lowest BCUT2D eigenvalue weighted by molar-refractivity contribution is 0.393. The molecule has 0 aliphatic heterocycles. The SMILES string of the molecule is Cc1ccc(-c2ccc3c(c2)C(C2[C]c4cc(-c5cccnc5)ccc4CC2)CCC3)nc1. The van der Waals surface area contributed by atoms with Crippen molar-refractivity contribution in [1.29, 1.82) is 0 Å². The van der Waals surface area contributed by atoms with Crippen molar-refractivity contribution < 1.29 is 0 Å². The van der Waals surface area contributed by atoms with E-state index >= 15 is 0 Å². The van der Waals surface area contributed by atoms with Crippen LogP contribution in [-0.4, -0.2) is 9.97 Å². The molecule has 4 aromatic rings. The van der Waals surface area contributed by atoms with Crippen molar-refractivity contribution in [3.63, 3.8) is 0 Å². The highest BCUT2D eigenvalue weighted by molar-refractivity contribution is 5.65. The van der Waals surface area contributed by atoms with Gasteiger partial charge in [-0.3, -0.25) is 9.97 Å². The zero-order chi connectivity index (χ0) is 22.2. The van der Waals surface area contributed by atoms with Crippen molar-refractivity contribution in [2.24, 2.45) is 5.92 Å². The zero-order valence-corrected chi connectivity index (χ0v) is 19.1. The predicted molar refractivity (Wildman–Crippen MR) is 134 cm³/mol. The van der Waals surface area contributed by atoms with Gasteiger partial charge in [0.1, 0.15) is 0 Å². The van der Waals surface area contributed by atoms with Gasteiger partial charge in [-0.15, -0.1) is 0 Å². The van der Waals surface area contributed by atoms with Crippen molar-refractivity contribution in [1.82, 2.24) is 9.97 Å². The smallest absolute Gasteiger partial charge is 0.0702 e. The third-order valence-electron chi connectivity index (χ3n) is 7.37. The summed E-state index contributed by atoms with van der Waals surface area (Å²) < 4.78 is 0. The number of fused-ring (bicyclic) bond motifs is 2. The highest BCUT2D eigenvalue weighted by Gasteiger charge is 2.31. The van der Waals surface area contributed by atoms with E-state index in [1.54, 1.807) is 0 Å². The van der Waals surface area contributed by atoms with Gasteiger partial charge >= 0.3 is 0 Å². The molecule has 2 nitrogen and oxygen atoms in total. The summed E-state index contributed by atoms with van der Waals surface area (Å²) in [5.74, 6) is 0.997. The molecule has 0 saturated carbocycles. The molecule has 2 aromatic carbocycles. The Morgan fingerprint density at radius 2 is 1.73 bits per heavy atom. The first-order valence-electron chi connectivity index (χ1n) is 12.1. The maximum absolute atomic E-state index is 4.68. The molecule has 6 rings (SSSR count). The quantitative estimate of drug-likeness (QED) is 0.344. The van der Waals surface area contributed by atoms with Gasteiger partial charge in [-0.05, 0) is 108 Å². The molecule has 2 heterocycles. The number of nitrogens with zero attached hydrogens (tertiary/aromatic N) is 2. The molecule has 2 aliphatic carbocycles. The molecule has 2 heteroatoms. The Bertz CT molecular complexity index is 1270. The van der Waals surface area contributed by atoms with Gasteiger partial charge < -0.3 is 0 Å². The number of aryl methyl sites for hydroxylation is 3. The largest absolute Gasteiger partial charge is 0.264 e. The van der Waals surface area contributed by atoms with E-state index in [4.69, 9.17) is 0 Å². The molecule has 0 fully saturated rings. The second-order valence-corrected chi connectivity index (χ2v) is 9.54. The highest BCUT2D eigenvalue weighted by atomic mass is 14.7. The molecule has 2 atom stereocenters. The van der Waals surface area contributed by atoms with Crippen LogP contribution < -0.4 is 0 Å². The van der Waals surface area contributed by atoms with Crippen LogP contribution in [-0.2, 0) is 12.8 Å². The topological polar surface area (TPSA) is 25.8 Å². The molecule has 2 unspecified atom stereocenters. The van der Waals surface area contributed by atoms with Crippen LogP contribution >= 0.6 is 0 Å². The van der Waals surface area contributed by atoms with Gasteiger partial charge in [0.15, 0.2) is 0 Å². The summed E-state index contributed by atoms with van der Waals surface area (Å²) in [6, 6.07) is 22.3. The van der Waals surface area contributed by atoms with Gasteiger partial charge in [-0.25, -0.2) is 0 Å². The van der Waals surface area contributed by atoms with Gasteiger partial charge in [-0.1, -0.05) is 42.5 Å². The molecule has 0 N–H and O–H groups in total. The van der Waals surface area contributed by atoms with Crippen molar-refractivity contribution >= 4 is 0 Å². The number of pyridine rings is 2. The number of benzene rings is 2. The predicted octanol–water partition coefficient (Wildman–Crippen LogP) is 7.23. The maximum atomic E-state index is 4.68. The van der Waals surface area contributed by atoms with Crippen LogP contribution in [0.4, 0.5) is 0 Å². The lowest BCUT2D eigenvalue weighted by Gasteiger charge is -2.35. The van der Waals surface area contributed by atoms with E-state index in [0.717, 1.165) is 12.1 Å². The van der Waals surface area contributed by atoms with Gasteiger partial charge in [0.05, 0.1) is 5.69 Å². The average Bonchev–Trinajstić information content (AvgIpc) is 2.88. The standard InChI is InChI=1S/C31H28N2/c1-21-7-14-31(33-19-21)26-13-10-23-4-2-6-29(30(23)18-26)25-12-9-22-8-11-24(16-28(22)17-25)27-5-3-15-32-20-27/h3,5,7-8,10-11,13-16,18-20,25,29H,2,4,6,9,12H2,1H3. The molecule has 0 bridgehead atoms. The number of hydrogen-bond donors (Lipinski definition) is 0. The van der Waals surface area contributed by atoms with Gasteiger partial charge in [0.25, 0.3) is 0 Å². The first-order chi connectivity index (χ1) is 16.2. The number of rotatable bonds is 3. The van der Waals surface area contributed by atoms with E-state index in [1.807, 2.05) is 24.7 Å². The lowest BCUT2D eigenvalue weighted by Crippen LogP contribution is -2.23. The molecule has 0 amide bonds. The monoisotopic (exact) mass is 428 g/mol. The molecule has 2 aliphatic rings. The summed E-state index contributed by atoms with van der Waals surface area (Å²) in [7, 11) is 0. The van der Waals surface area contributed by atoms with Crippen molar-refractivity contribution in [3.05, 3.63) is 113 Å². The van der Waals surface area contributed by atoms with E-state index in [9.17, 15) is 0 Å². The Morgan fingerprint density at radius 3 is 2.58 bits per heavy atom.